The van der Waals surface area contributed by atoms with Crippen molar-refractivity contribution >= 4 is 54.3 Å². The maximum absolute atomic E-state index is 13.2. The van der Waals surface area contributed by atoms with E-state index in [9.17, 15) is 26.4 Å². The lowest BCUT2D eigenvalue weighted by Gasteiger charge is -2.19. The van der Waals surface area contributed by atoms with E-state index >= 15 is 0 Å². The van der Waals surface area contributed by atoms with Gasteiger partial charge in [0.15, 0.2) is 5.76 Å². The minimum Gasteiger partial charge on any atom is -0.468 e. The van der Waals surface area contributed by atoms with Crippen LogP contribution >= 0.6 is 0 Å². The normalized spacial score (nSPS) is 15.4. The highest BCUT2D eigenvalue weighted by Gasteiger charge is 2.32. The van der Waals surface area contributed by atoms with Crippen molar-refractivity contribution in [2.75, 3.05) is 29.0 Å². The number of sulfonamides is 2. The molecule has 1 fully saturated rings. The number of ether oxygens (including phenoxy) is 1. The second-order valence-corrected chi connectivity index (χ2v) is 14.6. The van der Waals surface area contributed by atoms with Crippen molar-refractivity contribution in [3.8, 4) is 11.1 Å². The van der Waals surface area contributed by atoms with Crippen LogP contribution in [0.4, 0.5) is 11.4 Å². The van der Waals surface area contributed by atoms with Gasteiger partial charge in [0.1, 0.15) is 11.6 Å². The number of benzene rings is 3. The number of esters is 1. The highest BCUT2D eigenvalue weighted by Crippen LogP contribution is 2.37. The lowest BCUT2D eigenvalue weighted by atomic mass is 10.1. The highest BCUT2D eigenvalue weighted by atomic mass is 32.2. The van der Waals surface area contributed by atoms with E-state index in [2.05, 4.69) is 10.0 Å². The summed E-state index contributed by atoms with van der Waals surface area (Å²) in [6, 6.07) is 17.3. The van der Waals surface area contributed by atoms with Gasteiger partial charge in [-0.15, -0.1) is 0 Å². The number of nitrogens with one attached hydrogen (secondary N) is 2. The first kappa shape index (κ1) is 31.2. The molecule has 1 unspecified atom stereocenters. The van der Waals surface area contributed by atoms with E-state index in [1.807, 2.05) is 0 Å². The molecule has 1 aromatic heterocycles. The summed E-state index contributed by atoms with van der Waals surface area (Å²) in [5.41, 5.74) is 3.50. The zero-order valence-electron chi connectivity index (χ0n) is 24.7. The number of rotatable bonds is 9. The van der Waals surface area contributed by atoms with Crippen LogP contribution in [0, 0.1) is 12.8 Å². The van der Waals surface area contributed by atoms with E-state index in [4.69, 9.17) is 9.15 Å². The van der Waals surface area contributed by atoms with E-state index in [-0.39, 0.29) is 22.3 Å². The van der Waals surface area contributed by atoms with Crippen LogP contribution < -0.4 is 14.3 Å². The Kier molecular flexibility index (Phi) is 8.56. The van der Waals surface area contributed by atoms with Crippen LogP contribution in [0.1, 0.15) is 36.4 Å². The Morgan fingerprint density at radius 2 is 1.61 bits per heavy atom. The summed E-state index contributed by atoms with van der Waals surface area (Å²) in [5.74, 6) is -1.27. The molecule has 0 aliphatic carbocycles. The van der Waals surface area contributed by atoms with Gasteiger partial charge in [0.2, 0.25) is 20.0 Å². The molecule has 2 heterocycles. The number of carbonyl (C=O) groups excluding carboxylic acids is 2. The minimum absolute atomic E-state index is 0.00591. The summed E-state index contributed by atoms with van der Waals surface area (Å²) in [4.78, 5) is 25.2. The molecule has 1 saturated heterocycles. The fourth-order valence-electron chi connectivity index (χ4n) is 5.20. The smallest absolute Gasteiger partial charge is 0.324 e. The quantitative estimate of drug-likeness (QED) is 0.251. The topological polar surface area (TPSA) is 152 Å². The number of aryl methyl sites for hydroxylation is 1. The van der Waals surface area contributed by atoms with Crippen molar-refractivity contribution in [3.05, 3.63) is 78.1 Å². The SMILES string of the molecule is COC(=O)C(NS(=O)(=O)c1ccc(-c2ccc(NC(=O)c3oc4cccc(N5CCCS5(=O)=O)c4c3C)cc2)cc1)C(C)C. The van der Waals surface area contributed by atoms with Gasteiger partial charge in [0.05, 0.1) is 23.4 Å². The Labute approximate surface area is 256 Å². The Morgan fingerprint density at radius 3 is 2.18 bits per heavy atom. The molecule has 11 nitrogen and oxygen atoms in total. The Balaban J connectivity index is 1.31. The van der Waals surface area contributed by atoms with E-state index in [1.165, 1.54) is 23.5 Å². The van der Waals surface area contributed by atoms with E-state index in [0.29, 0.717) is 40.9 Å². The predicted octanol–water partition coefficient (Wildman–Crippen LogP) is 4.68. The predicted molar refractivity (Wildman–Crippen MR) is 167 cm³/mol. The van der Waals surface area contributed by atoms with Crippen molar-refractivity contribution in [1.29, 1.82) is 0 Å². The number of amides is 1. The van der Waals surface area contributed by atoms with Gasteiger partial charge in [-0.05, 0) is 66.8 Å². The molecule has 0 spiro atoms. The molecule has 5 rings (SSSR count). The number of hydrogen-bond donors (Lipinski definition) is 2. The van der Waals surface area contributed by atoms with E-state index in [0.717, 1.165) is 11.1 Å². The fraction of sp³-hybridized carbons (Fsp3) is 0.290. The van der Waals surface area contributed by atoms with Gasteiger partial charge >= 0.3 is 5.97 Å². The average Bonchev–Trinajstić information content (AvgIpc) is 3.54. The molecule has 1 amide bonds. The number of carbonyl (C=O) groups is 2. The van der Waals surface area contributed by atoms with Crippen molar-refractivity contribution < 1.29 is 35.6 Å². The third-order valence-corrected chi connectivity index (χ3v) is 10.9. The lowest BCUT2D eigenvalue weighted by Crippen LogP contribution is -2.44. The van der Waals surface area contributed by atoms with Crippen LogP contribution in [0.3, 0.4) is 0 Å². The fourth-order valence-corrected chi connectivity index (χ4v) is 8.10. The summed E-state index contributed by atoms with van der Waals surface area (Å²) in [5, 5.41) is 3.41. The van der Waals surface area contributed by atoms with Crippen LogP contribution in [-0.4, -0.2) is 54.2 Å². The molecular formula is C31H33N3O8S2. The van der Waals surface area contributed by atoms with Gasteiger partial charge < -0.3 is 14.5 Å². The molecule has 0 bridgehead atoms. The molecule has 2 N–H and O–H groups in total. The number of anilines is 2. The summed E-state index contributed by atoms with van der Waals surface area (Å²) < 4.78 is 65.3. The lowest BCUT2D eigenvalue weighted by molar-refractivity contribution is -0.143. The maximum atomic E-state index is 13.2. The van der Waals surface area contributed by atoms with E-state index in [1.54, 1.807) is 75.4 Å². The maximum Gasteiger partial charge on any atom is 0.324 e. The Bertz CT molecular complexity index is 1930. The molecule has 13 heteroatoms. The third-order valence-electron chi connectivity index (χ3n) is 7.55. The molecule has 1 aliphatic rings. The van der Waals surface area contributed by atoms with Crippen LogP contribution in [0.25, 0.3) is 22.1 Å². The van der Waals surface area contributed by atoms with Gasteiger partial charge in [0.25, 0.3) is 5.91 Å². The second kappa shape index (κ2) is 12.1. The van der Waals surface area contributed by atoms with Crippen molar-refractivity contribution in [3.63, 3.8) is 0 Å². The van der Waals surface area contributed by atoms with Crippen molar-refractivity contribution in [1.82, 2.24) is 4.72 Å². The number of fused-ring (bicyclic) bond motifs is 1. The number of furan rings is 1. The summed E-state index contributed by atoms with van der Waals surface area (Å²) in [6.45, 7) is 5.55. The minimum atomic E-state index is -3.97. The summed E-state index contributed by atoms with van der Waals surface area (Å²) in [7, 11) is -6.18. The van der Waals surface area contributed by atoms with Crippen LogP contribution in [0.2, 0.25) is 0 Å². The molecule has 44 heavy (non-hydrogen) atoms. The van der Waals surface area contributed by atoms with Crippen LogP contribution in [0.15, 0.2) is 76.0 Å². The first-order valence-corrected chi connectivity index (χ1v) is 17.1. The number of nitrogens with zero attached hydrogens (tertiary/aromatic N) is 1. The second-order valence-electron chi connectivity index (χ2n) is 10.9. The zero-order chi connectivity index (χ0) is 31.8. The van der Waals surface area contributed by atoms with Crippen molar-refractivity contribution in [2.45, 2.75) is 38.1 Å². The highest BCUT2D eigenvalue weighted by molar-refractivity contribution is 7.93. The average molecular weight is 640 g/mol. The monoisotopic (exact) mass is 639 g/mol. The van der Waals surface area contributed by atoms with E-state index < -0.39 is 38.0 Å². The third kappa shape index (κ3) is 6.07. The number of methoxy groups -OCH3 is 1. The summed E-state index contributed by atoms with van der Waals surface area (Å²) in [6.07, 6.45) is 0.537. The van der Waals surface area contributed by atoms with Crippen LogP contribution in [0.5, 0.6) is 0 Å². The molecule has 0 radical (unpaired) electrons. The first-order chi connectivity index (χ1) is 20.8. The van der Waals surface area contributed by atoms with Gasteiger partial charge in [-0.1, -0.05) is 44.2 Å². The molecule has 0 saturated carbocycles. The molecule has 232 valence electrons. The van der Waals surface area contributed by atoms with Crippen molar-refractivity contribution in [2.24, 2.45) is 5.92 Å². The summed E-state index contributed by atoms with van der Waals surface area (Å²) >= 11 is 0. The Hall–Kier alpha value is -4.20. The van der Waals surface area contributed by atoms with Crippen LogP contribution in [-0.2, 0) is 29.6 Å². The molecule has 1 aliphatic heterocycles. The van der Waals surface area contributed by atoms with Gasteiger partial charge in [0, 0.05) is 23.2 Å². The molecule has 1 atom stereocenters. The molecular weight excluding hydrogens is 606 g/mol. The Morgan fingerprint density at radius 1 is 0.977 bits per heavy atom. The van der Waals surface area contributed by atoms with Gasteiger partial charge in [-0.2, -0.15) is 4.72 Å². The largest absolute Gasteiger partial charge is 0.468 e. The van der Waals surface area contributed by atoms with Gasteiger partial charge in [-0.3, -0.25) is 13.9 Å². The molecule has 4 aromatic rings. The number of hydrogen-bond acceptors (Lipinski definition) is 8. The molecule has 3 aromatic carbocycles. The zero-order valence-corrected chi connectivity index (χ0v) is 26.3. The standard InChI is InChI=1S/C31H33N3O8S2/c1-19(2)28(31(36)41-4)33-44(39,40)24-15-11-22(12-16-24)21-9-13-23(14-10-21)32-30(35)29-20(3)27-25(7-5-8-26(27)42-29)34-17-6-18-43(34,37)38/h5,7-16,19,28,33H,6,17-18H2,1-4H3,(H,32,35). The van der Waals surface area contributed by atoms with Gasteiger partial charge in [-0.25, -0.2) is 16.8 Å². The first-order valence-electron chi connectivity index (χ1n) is 14.0.